The van der Waals surface area contributed by atoms with E-state index < -0.39 is 0 Å². The largest absolute Gasteiger partial charge is 0.479 e. The number of imidazole rings is 1. The highest BCUT2D eigenvalue weighted by atomic mass is 32.1. The lowest BCUT2D eigenvalue weighted by Gasteiger charge is -2.24. The van der Waals surface area contributed by atoms with E-state index in [0.29, 0.717) is 0 Å². The van der Waals surface area contributed by atoms with Crippen LogP contribution in [-0.2, 0) is 6.42 Å². The van der Waals surface area contributed by atoms with Gasteiger partial charge in [0.15, 0.2) is 0 Å². The molecule has 106 valence electrons. The van der Waals surface area contributed by atoms with Gasteiger partial charge in [-0.25, -0.2) is 4.98 Å². The van der Waals surface area contributed by atoms with Crippen molar-refractivity contribution in [2.24, 2.45) is 0 Å². The molecule has 0 saturated carbocycles. The van der Waals surface area contributed by atoms with Gasteiger partial charge in [-0.3, -0.25) is 4.98 Å². The first-order valence-electron chi connectivity index (χ1n) is 6.99. The Morgan fingerprint density at radius 1 is 1.38 bits per heavy atom. The third kappa shape index (κ3) is 2.17. The van der Waals surface area contributed by atoms with Crippen molar-refractivity contribution in [3.05, 3.63) is 41.7 Å². The molecular formula is C16H15N3OS. The number of ether oxygens (including phenoxy) is 1. The van der Waals surface area contributed by atoms with Crippen molar-refractivity contribution in [3.63, 3.8) is 0 Å². The van der Waals surface area contributed by atoms with Gasteiger partial charge in [0, 0.05) is 11.8 Å². The Hall–Kier alpha value is -2.01. The standard InChI is InChI=1S/C16H15N3OS/c1-9-6-11(7-10-2-3-14(21)20-15(9)10)16-18-12-4-5-17-8-13(12)19-16/h4-8,14,21H,2-3H2,1H3,(H,18,19). The fourth-order valence-electron chi connectivity index (χ4n) is 2.81. The quantitative estimate of drug-likeness (QED) is 0.676. The van der Waals surface area contributed by atoms with Crippen LogP contribution in [0.4, 0.5) is 0 Å². The summed E-state index contributed by atoms with van der Waals surface area (Å²) in [4.78, 5) is 12.1. The van der Waals surface area contributed by atoms with Gasteiger partial charge in [0.2, 0.25) is 0 Å². The van der Waals surface area contributed by atoms with E-state index in [9.17, 15) is 0 Å². The lowest BCUT2D eigenvalue weighted by Crippen LogP contribution is -2.17. The van der Waals surface area contributed by atoms with Crippen LogP contribution in [0.15, 0.2) is 30.6 Å². The summed E-state index contributed by atoms with van der Waals surface area (Å²) in [5, 5.41) is 0. The zero-order chi connectivity index (χ0) is 14.4. The van der Waals surface area contributed by atoms with E-state index in [2.05, 4.69) is 46.6 Å². The van der Waals surface area contributed by atoms with Crippen LogP contribution < -0.4 is 4.74 Å². The lowest BCUT2D eigenvalue weighted by atomic mass is 9.99. The highest BCUT2D eigenvalue weighted by Crippen LogP contribution is 2.35. The first-order chi connectivity index (χ1) is 10.2. The number of aromatic amines is 1. The number of nitrogens with one attached hydrogen (secondary N) is 1. The lowest BCUT2D eigenvalue weighted by molar-refractivity contribution is 0.256. The molecule has 4 nitrogen and oxygen atoms in total. The maximum Gasteiger partial charge on any atom is 0.142 e. The molecule has 2 aromatic heterocycles. The summed E-state index contributed by atoms with van der Waals surface area (Å²) in [7, 11) is 0. The van der Waals surface area contributed by atoms with Crippen molar-refractivity contribution < 1.29 is 4.74 Å². The minimum absolute atomic E-state index is 0.000625. The molecule has 0 bridgehead atoms. The summed E-state index contributed by atoms with van der Waals surface area (Å²) >= 11 is 4.42. The van der Waals surface area contributed by atoms with E-state index >= 15 is 0 Å². The number of fused-ring (bicyclic) bond motifs is 2. The van der Waals surface area contributed by atoms with Crippen molar-refractivity contribution in [2.45, 2.75) is 25.2 Å². The molecule has 1 atom stereocenters. The van der Waals surface area contributed by atoms with E-state index in [1.165, 1.54) is 5.56 Å². The molecule has 4 rings (SSSR count). The number of rotatable bonds is 1. The minimum atomic E-state index is -0.000625. The zero-order valence-electron chi connectivity index (χ0n) is 11.6. The smallest absolute Gasteiger partial charge is 0.142 e. The first-order valence-corrected chi connectivity index (χ1v) is 7.51. The molecule has 1 aliphatic heterocycles. The molecule has 21 heavy (non-hydrogen) atoms. The van der Waals surface area contributed by atoms with Gasteiger partial charge in [0.25, 0.3) is 0 Å². The first kappa shape index (κ1) is 12.7. The van der Waals surface area contributed by atoms with E-state index in [4.69, 9.17) is 4.74 Å². The summed E-state index contributed by atoms with van der Waals surface area (Å²) < 4.78 is 5.84. The van der Waals surface area contributed by atoms with Gasteiger partial charge in [0.1, 0.15) is 17.0 Å². The third-order valence-corrected chi connectivity index (χ3v) is 4.19. The Labute approximate surface area is 128 Å². The molecule has 0 saturated heterocycles. The maximum atomic E-state index is 5.84. The Morgan fingerprint density at radius 3 is 3.14 bits per heavy atom. The van der Waals surface area contributed by atoms with Crippen molar-refractivity contribution in [2.75, 3.05) is 0 Å². The van der Waals surface area contributed by atoms with Gasteiger partial charge in [-0.15, -0.1) is 12.6 Å². The number of nitrogens with zero attached hydrogens (tertiary/aromatic N) is 2. The summed E-state index contributed by atoms with van der Waals surface area (Å²) in [5.41, 5.74) is 5.33. The minimum Gasteiger partial charge on any atom is -0.479 e. The third-order valence-electron chi connectivity index (χ3n) is 3.82. The topological polar surface area (TPSA) is 50.8 Å². The Morgan fingerprint density at radius 2 is 2.29 bits per heavy atom. The van der Waals surface area contributed by atoms with E-state index in [0.717, 1.165) is 46.6 Å². The second-order valence-electron chi connectivity index (χ2n) is 5.37. The van der Waals surface area contributed by atoms with E-state index in [-0.39, 0.29) is 5.44 Å². The summed E-state index contributed by atoms with van der Waals surface area (Å²) in [6, 6.07) is 6.18. The molecule has 1 unspecified atom stereocenters. The number of thiol groups is 1. The van der Waals surface area contributed by atoms with Crippen LogP contribution in [0.5, 0.6) is 5.75 Å². The SMILES string of the molecule is Cc1cc(-c2nc3ccncc3[nH]2)cc2c1OC(S)CC2. The number of H-pyrrole nitrogens is 1. The average Bonchev–Trinajstić information content (AvgIpc) is 2.92. The number of hydrogen-bond donors (Lipinski definition) is 2. The number of hydrogen-bond acceptors (Lipinski definition) is 4. The van der Waals surface area contributed by atoms with Crippen LogP contribution in [0.3, 0.4) is 0 Å². The van der Waals surface area contributed by atoms with Gasteiger partial charge in [-0.1, -0.05) is 0 Å². The Balaban J connectivity index is 1.83. The summed E-state index contributed by atoms with van der Waals surface area (Å²) in [6.07, 6.45) is 5.47. The van der Waals surface area contributed by atoms with Crippen LogP contribution >= 0.6 is 12.6 Å². The van der Waals surface area contributed by atoms with Gasteiger partial charge >= 0.3 is 0 Å². The van der Waals surface area contributed by atoms with Crippen molar-refractivity contribution in [1.82, 2.24) is 15.0 Å². The van der Waals surface area contributed by atoms with E-state index in [1.807, 2.05) is 6.07 Å². The van der Waals surface area contributed by atoms with Crippen molar-refractivity contribution in [1.29, 1.82) is 0 Å². The van der Waals surface area contributed by atoms with Gasteiger partial charge in [-0.2, -0.15) is 0 Å². The molecule has 1 aliphatic rings. The average molecular weight is 297 g/mol. The second kappa shape index (κ2) is 4.77. The molecule has 1 aromatic carbocycles. The predicted octanol–water partition coefficient (Wildman–Crippen LogP) is 3.51. The number of aryl methyl sites for hydroxylation is 2. The van der Waals surface area contributed by atoms with Crippen molar-refractivity contribution in [3.8, 4) is 17.1 Å². The monoisotopic (exact) mass is 297 g/mol. The van der Waals surface area contributed by atoms with Crippen LogP contribution in [0.25, 0.3) is 22.4 Å². The number of benzene rings is 1. The van der Waals surface area contributed by atoms with Crippen LogP contribution in [-0.4, -0.2) is 20.4 Å². The molecule has 0 amide bonds. The van der Waals surface area contributed by atoms with Crippen LogP contribution in [0.2, 0.25) is 0 Å². The molecule has 3 aromatic rings. The second-order valence-corrected chi connectivity index (χ2v) is 5.95. The molecule has 0 fully saturated rings. The predicted molar refractivity (Wildman–Crippen MR) is 85.8 cm³/mol. The Kier molecular flexibility index (Phi) is 2.89. The van der Waals surface area contributed by atoms with Crippen LogP contribution in [0.1, 0.15) is 17.5 Å². The highest BCUT2D eigenvalue weighted by Gasteiger charge is 2.20. The van der Waals surface area contributed by atoms with Gasteiger partial charge in [0.05, 0.1) is 17.2 Å². The fourth-order valence-corrected chi connectivity index (χ4v) is 3.04. The zero-order valence-corrected chi connectivity index (χ0v) is 12.5. The molecule has 0 radical (unpaired) electrons. The normalized spacial score (nSPS) is 17.5. The maximum absolute atomic E-state index is 5.84. The molecule has 5 heteroatoms. The molecule has 0 aliphatic carbocycles. The number of pyridine rings is 1. The summed E-state index contributed by atoms with van der Waals surface area (Å²) in [5.74, 6) is 1.85. The molecule has 1 N–H and O–H groups in total. The molecular weight excluding hydrogens is 282 g/mol. The fraction of sp³-hybridized carbons (Fsp3) is 0.250. The molecule has 0 spiro atoms. The highest BCUT2D eigenvalue weighted by molar-refractivity contribution is 7.80. The molecule has 3 heterocycles. The summed E-state index contributed by atoms with van der Waals surface area (Å²) in [6.45, 7) is 2.07. The van der Waals surface area contributed by atoms with Crippen molar-refractivity contribution >= 4 is 23.7 Å². The van der Waals surface area contributed by atoms with E-state index in [1.54, 1.807) is 12.4 Å². The van der Waals surface area contributed by atoms with Crippen LogP contribution in [0, 0.1) is 6.92 Å². The van der Waals surface area contributed by atoms with Gasteiger partial charge < -0.3 is 9.72 Å². The number of aromatic nitrogens is 3. The Bertz CT molecular complexity index is 795. The van der Waals surface area contributed by atoms with Gasteiger partial charge in [-0.05, 0) is 49.1 Å².